The van der Waals surface area contributed by atoms with Gasteiger partial charge in [0.05, 0.1) is 5.37 Å². The molecular formula is C14H18N2O6S. The predicted molar refractivity (Wildman–Crippen MR) is 83.9 cm³/mol. The molecule has 1 aliphatic rings. The molecule has 126 valence electrons. The summed E-state index contributed by atoms with van der Waals surface area (Å²) in [6.45, 7) is 3.60. The Labute approximate surface area is 137 Å². The largest absolute Gasteiger partial charge is 0.491 e. The molecule has 23 heavy (non-hydrogen) atoms. The van der Waals surface area contributed by atoms with Gasteiger partial charge >= 0.3 is 5.97 Å². The van der Waals surface area contributed by atoms with Crippen molar-refractivity contribution in [1.82, 2.24) is 5.32 Å². The molecule has 8 nitrogen and oxygen atoms in total. The highest BCUT2D eigenvalue weighted by molar-refractivity contribution is 8.01. The van der Waals surface area contributed by atoms with Crippen LogP contribution in [0.5, 0.6) is 5.75 Å². The van der Waals surface area contributed by atoms with Crippen molar-refractivity contribution in [3.8, 4) is 5.75 Å². The highest BCUT2D eigenvalue weighted by Crippen LogP contribution is 2.47. The van der Waals surface area contributed by atoms with E-state index in [1.54, 1.807) is 12.1 Å². The Hall–Kier alpha value is -2.00. The summed E-state index contributed by atoms with van der Waals surface area (Å²) in [5.41, 5.74) is 0.801. The van der Waals surface area contributed by atoms with E-state index in [1.165, 1.54) is 11.8 Å². The predicted octanol–water partition coefficient (Wildman–Crippen LogP) is 1.84. The van der Waals surface area contributed by atoms with Crippen LogP contribution in [0.2, 0.25) is 0 Å². The third kappa shape index (κ3) is 4.26. The molecule has 0 amide bonds. The van der Waals surface area contributed by atoms with E-state index in [-0.39, 0.29) is 18.6 Å². The van der Waals surface area contributed by atoms with E-state index >= 15 is 0 Å². The van der Waals surface area contributed by atoms with Gasteiger partial charge in [0.15, 0.2) is 0 Å². The molecule has 1 aromatic carbocycles. The summed E-state index contributed by atoms with van der Waals surface area (Å²) in [5.74, 6) is -0.353. The van der Waals surface area contributed by atoms with Gasteiger partial charge in [-0.2, -0.15) is 0 Å². The van der Waals surface area contributed by atoms with E-state index < -0.39 is 21.8 Å². The van der Waals surface area contributed by atoms with Crippen LogP contribution < -0.4 is 10.1 Å². The number of nitrogens with zero attached hydrogens (tertiary/aromatic N) is 1. The summed E-state index contributed by atoms with van der Waals surface area (Å²) >= 11 is 1.50. The number of carboxylic acid groups (broad SMARTS) is 1. The van der Waals surface area contributed by atoms with Crippen LogP contribution in [0, 0.1) is 10.1 Å². The molecule has 9 heteroatoms. The number of benzene rings is 1. The summed E-state index contributed by atoms with van der Waals surface area (Å²) in [6, 6.07) is 6.52. The smallest absolute Gasteiger partial charge is 0.322 e. The number of ether oxygens (including phenoxy) is 1. The third-order valence-electron chi connectivity index (χ3n) is 3.42. The Bertz CT molecular complexity index is 594. The first kappa shape index (κ1) is 17.4. The van der Waals surface area contributed by atoms with Crippen LogP contribution in [0.25, 0.3) is 0 Å². The molecule has 0 bridgehead atoms. The average molecular weight is 342 g/mol. The summed E-state index contributed by atoms with van der Waals surface area (Å²) in [6.07, 6.45) is 0. The van der Waals surface area contributed by atoms with E-state index in [4.69, 9.17) is 4.74 Å². The van der Waals surface area contributed by atoms with E-state index in [2.05, 4.69) is 10.2 Å². The minimum absolute atomic E-state index is 0.0289. The fraction of sp³-hybridized carbons (Fsp3) is 0.500. The van der Waals surface area contributed by atoms with Gasteiger partial charge in [0, 0.05) is 10.3 Å². The first-order valence-electron chi connectivity index (χ1n) is 6.97. The maximum atomic E-state index is 11.4. The molecule has 0 radical (unpaired) electrons. The zero-order valence-corrected chi connectivity index (χ0v) is 13.5. The van der Waals surface area contributed by atoms with E-state index in [0.29, 0.717) is 5.75 Å². The molecule has 1 aliphatic heterocycles. The standard InChI is InChI=1S/C14H18N2O6S/c1-14(2)11(13(17)18)15-12(23-14)9-5-3-4-6-10(9)21-7-8-22-16(19)20/h3-6,11-12,15H,7-8H2,1-2H3,(H,17,18). The fourth-order valence-corrected chi connectivity index (χ4v) is 3.81. The lowest BCUT2D eigenvalue weighted by Crippen LogP contribution is -2.43. The normalized spacial score (nSPS) is 22.5. The summed E-state index contributed by atoms with van der Waals surface area (Å²) < 4.78 is 5.06. The molecule has 2 rings (SSSR count). The van der Waals surface area contributed by atoms with Crippen LogP contribution in [0.1, 0.15) is 24.8 Å². The maximum absolute atomic E-state index is 11.4. The monoisotopic (exact) mass is 342 g/mol. The number of carboxylic acids is 1. The second-order valence-corrected chi connectivity index (χ2v) is 7.24. The Morgan fingerprint density at radius 1 is 1.43 bits per heavy atom. The molecule has 2 atom stereocenters. The Morgan fingerprint density at radius 3 is 2.74 bits per heavy atom. The van der Waals surface area contributed by atoms with Crippen LogP contribution in [-0.4, -0.2) is 40.2 Å². The van der Waals surface area contributed by atoms with Crippen LogP contribution >= 0.6 is 11.8 Å². The molecule has 2 N–H and O–H groups in total. The van der Waals surface area contributed by atoms with Gasteiger partial charge in [-0.05, 0) is 19.9 Å². The number of para-hydroxylation sites is 1. The number of hydrogen-bond acceptors (Lipinski definition) is 7. The molecular weight excluding hydrogens is 324 g/mol. The van der Waals surface area contributed by atoms with Crippen LogP contribution in [0.4, 0.5) is 0 Å². The number of thioether (sulfide) groups is 1. The summed E-state index contributed by atoms with van der Waals surface area (Å²) in [5, 5.41) is 21.4. The average Bonchev–Trinajstić information content (AvgIpc) is 2.79. The molecule has 0 spiro atoms. The summed E-state index contributed by atoms with van der Waals surface area (Å²) in [4.78, 5) is 25.7. The van der Waals surface area contributed by atoms with Crippen molar-refractivity contribution in [1.29, 1.82) is 0 Å². The SMILES string of the molecule is CC1(C)SC(c2ccccc2OCCO[N+](=O)[O-])NC1C(=O)O. The molecule has 0 aliphatic carbocycles. The van der Waals surface area contributed by atoms with Gasteiger partial charge in [-0.3, -0.25) is 10.1 Å². The van der Waals surface area contributed by atoms with Crippen LogP contribution in [-0.2, 0) is 9.63 Å². The van der Waals surface area contributed by atoms with Gasteiger partial charge in [0.1, 0.15) is 25.0 Å². The van der Waals surface area contributed by atoms with Crippen LogP contribution in [0.3, 0.4) is 0 Å². The lowest BCUT2D eigenvalue weighted by molar-refractivity contribution is -0.757. The minimum Gasteiger partial charge on any atom is -0.491 e. The lowest BCUT2D eigenvalue weighted by Gasteiger charge is -2.20. The minimum atomic E-state index is -0.900. The molecule has 1 heterocycles. The Kier molecular flexibility index (Phi) is 5.32. The molecule has 0 saturated carbocycles. The van der Waals surface area contributed by atoms with Crippen molar-refractivity contribution in [2.45, 2.75) is 30.0 Å². The van der Waals surface area contributed by atoms with E-state index in [9.17, 15) is 20.0 Å². The molecule has 2 unspecified atom stereocenters. The fourth-order valence-electron chi connectivity index (χ4n) is 2.37. The quantitative estimate of drug-likeness (QED) is 0.439. The zero-order valence-electron chi connectivity index (χ0n) is 12.7. The lowest BCUT2D eigenvalue weighted by atomic mass is 10.0. The number of rotatable bonds is 7. The van der Waals surface area contributed by atoms with Crippen molar-refractivity contribution in [3.63, 3.8) is 0 Å². The van der Waals surface area contributed by atoms with E-state index in [0.717, 1.165) is 5.56 Å². The first-order valence-corrected chi connectivity index (χ1v) is 7.85. The van der Waals surface area contributed by atoms with Crippen molar-refractivity contribution in [2.75, 3.05) is 13.2 Å². The van der Waals surface area contributed by atoms with Gasteiger partial charge in [0.25, 0.3) is 5.09 Å². The van der Waals surface area contributed by atoms with Gasteiger partial charge in [-0.1, -0.05) is 18.2 Å². The Balaban J connectivity index is 2.08. The summed E-state index contributed by atoms with van der Waals surface area (Å²) in [7, 11) is 0. The van der Waals surface area contributed by atoms with E-state index in [1.807, 2.05) is 26.0 Å². The van der Waals surface area contributed by atoms with Crippen molar-refractivity contribution in [2.24, 2.45) is 0 Å². The second kappa shape index (κ2) is 7.05. The maximum Gasteiger partial charge on any atom is 0.322 e. The Morgan fingerprint density at radius 2 is 2.13 bits per heavy atom. The third-order valence-corrected chi connectivity index (χ3v) is 4.89. The zero-order chi connectivity index (χ0) is 17.0. The number of hydrogen-bond donors (Lipinski definition) is 2. The highest BCUT2D eigenvalue weighted by atomic mass is 32.2. The van der Waals surface area contributed by atoms with Gasteiger partial charge < -0.3 is 14.7 Å². The van der Waals surface area contributed by atoms with Crippen LogP contribution in [0.15, 0.2) is 24.3 Å². The van der Waals surface area contributed by atoms with Gasteiger partial charge in [0.2, 0.25) is 0 Å². The molecule has 0 aromatic heterocycles. The molecule has 1 saturated heterocycles. The van der Waals surface area contributed by atoms with Gasteiger partial charge in [-0.25, -0.2) is 0 Å². The van der Waals surface area contributed by atoms with Crippen molar-refractivity contribution >= 4 is 17.7 Å². The number of carbonyl (C=O) groups is 1. The molecule has 1 aromatic rings. The number of aliphatic carboxylic acids is 1. The first-order chi connectivity index (χ1) is 10.8. The number of nitrogens with one attached hydrogen (secondary N) is 1. The van der Waals surface area contributed by atoms with Gasteiger partial charge in [-0.15, -0.1) is 21.9 Å². The highest BCUT2D eigenvalue weighted by Gasteiger charge is 2.46. The molecule has 1 fully saturated rings. The van der Waals surface area contributed by atoms with Crippen molar-refractivity contribution in [3.05, 3.63) is 39.9 Å². The second-order valence-electron chi connectivity index (χ2n) is 5.48. The van der Waals surface area contributed by atoms with Crippen molar-refractivity contribution < 1.29 is 24.6 Å². The topological polar surface area (TPSA) is 111 Å².